The molecule has 0 radical (unpaired) electrons. The van der Waals surface area contributed by atoms with Crippen LogP contribution in [0.5, 0.6) is 0 Å². The van der Waals surface area contributed by atoms with Gasteiger partial charge in [0.1, 0.15) is 0 Å². The first-order valence-corrected chi connectivity index (χ1v) is 6.99. The van der Waals surface area contributed by atoms with Crippen LogP contribution in [0.4, 0.5) is 0 Å². The zero-order valence-electron chi connectivity index (χ0n) is 12.7. The van der Waals surface area contributed by atoms with Crippen LogP contribution in [0, 0.1) is 0 Å². The molecule has 0 amide bonds. The summed E-state index contributed by atoms with van der Waals surface area (Å²) in [7, 11) is 0. The fourth-order valence-corrected chi connectivity index (χ4v) is 1.09. The average Bonchev–Trinajstić information content (AvgIpc) is 2.48. The summed E-state index contributed by atoms with van der Waals surface area (Å²) in [5.41, 5.74) is 0. The molecule has 0 aliphatic heterocycles. The van der Waals surface area contributed by atoms with E-state index in [9.17, 15) is 9.90 Å². The number of aliphatic hydroxyl groups excluding tert-OH is 2. The third kappa shape index (κ3) is 24.4. The molecule has 21 heavy (non-hydrogen) atoms. The predicted molar refractivity (Wildman–Crippen MR) is 78.0 cm³/mol. The van der Waals surface area contributed by atoms with Crippen molar-refractivity contribution in [2.45, 2.75) is 32.5 Å². The van der Waals surface area contributed by atoms with Gasteiger partial charge in [0, 0.05) is 12.7 Å². The topological polar surface area (TPSA) is 105 Å². The SMILES string of the molecule is C=CC(=O)O.CCCCCOC(O)COCCOCCO. The fourth-order valence-electron chi connectivity index (χ4n) is 1.09. The summed E-state index contributed by atoms with van der Waals surface area (Å²) in [5, 5.41) is 25.4. The van der Waals surface area contributed by atoms with Crippen molar-refractivity contribution in [3.63, 3.8) is 0 Å². The van der Waals surface area contributed by atoms with E-state index in [-0.39, 0.29) is 13.2 Å². The Morgan fingerprint density at radius 3 is 2.33 bits per heavy atom. The summed E-state index contributed by atoms with van der Waals surface area (Å²) in [6, 6.07) is 0. The minimum absolute atomic E-state index is 0.0170. The average molecular weight is 308 g/mol. The summed E-state index contributed by atoms with van der Waals surface area (Å²) >= 11 is 0. The smallest absolute Gasteiger partial charge is 0.327 e. The summed E-state index contributed by atoms with van der Waals surface area (Å²) < 4.78 is 15.2. The molecule has 0 fully saturated rings. The molecule has 1 atom stereocenters. The Kier molecular flexibility index (Phi) is 20.2. The van der Waals surface area contributed by atoms with Gasteiger partial charge in [-0.2, -0.15) is 0 Å². The molecule has 0 saturated carbocycles. The molecule has 0 aromatic rings. The predicted octanol–water partition coefficient (Wildman–Crippen LogP) is 0.794. The van der Waals surface area contributed by atoms with Crippen molar-refractivity contribution in [3.05, 3.63) is 12.7 Å². The van der Waals surface area contributed by atoms with Crippen LogP contribution in [0.1, 0.15) is 26.2 Å². The second-order valence-electron chi connectivity index (χ2n) is 3.99. The molecular formula is C14H28O7. The maximum atomic E-state index is 9.32. The Morgan fingerprint density at radius 1 is 1.19 bits per heavy atom. The van der Waals surface area contributed by atoms with E-state index in [1.54, 1.807) is 0 Å². The first-order chi connectivity index (χ1) is 10.1. The minimum atomic E-state index is -0.981. The molecule has 7 nitrogen and oxygen atoms in total. The molecule has 1 unspecified atom stereocenters. The van der Waals surface area contributed by atoms with Gasteiger partial charge >= 0.3 is 5.97 Å². The van der Waals surface area contributed by atoms with Gasteiger partial charge in [-0.05, 0) is 6.42 Å². The number of ether oxygens (including phenoxy) is 3. The number of carbonyl (C=O) groups is 1. The standard InChI is InChI=1S/C11H24O5.C3H4O2/c1-2-3-4-6-16-11(13)10-15-9-8-14-7-5-12;1-2-3(4)5/h11-13H,2-10H2,1H3;2H,1H2,(H,4,5). The third-order valence-corrected chi connectivity index (χ3v) is 2.10. The van der Waals surface area contributed by atoms with Crippen LogP contribution < -0.4 is 0 Å². The molecule has 126 valence electrons. The maximum Gasteiger partial charge on any atom is 0.327 e. The lowest BCUT2D eigenvalue weighted by molar-refractivity contribution is -0.141. The number of unbranched alkanes of at least 4 members (excludes halogenated alkanes) is 2. The molecule has 0 bridgehead atoms. The van der Waals surface area contributed by atoms with E-state index >= 15 is 0 Å². The van der Waals surface area contributed by atoms with E-state index < -0.39 is 12.3 Å². The van der Waals surface area contributed by atoms with Crippen LogP contribution in [-0.2, 0) is 19.0 Å². The lowest BCUT2D eigenvalue weighted by Crippen LogP contribution is -2.21. The molecule has 3 N–H and O–H groups in total. The number of rotatable bonds is 13. The quantitative estimate of drug-likeness (QED) is 0.262. The van der Waals surface area contributed by atoms with Gasteiger partial charge in [-0.1, -0.05) is 26.3 Å². The normalized spacial score (nSPS) is 11.4. The molecule has 0 aromatic carbocycles. The molecule has 7 heteroatoms. The number of aliphatic carboxylic acids is 1. The van der Waals surface area contributed by atoms with Crippen molar-refractivity contribution in [2.24, 2.45) is 0 Å². The van der Waals surface area contributed by atoms with Crippen LogP contribution in [0.3, 0.4) is 0 Å². The van der Waals surface area contributed by atoms with Crippen molar-refractivity contribution in [1.82, 2.24) is 0 Å². The van der Waals surface area contributed by atoms with Crippen molar-refractivity contribution in [2.75, 3.05) is 39.6 Å². The summed E-state index contributed by atoms with van der Waals surface area (Å²) in [4.78, 5) is 9.25. The monoisotopic (exact) mass is 308 g/mol. The van der Waals surface area contributed by atoms with Gasteiger partial charge in [-0.15, -0.1) is 0 Å². The van der Waals surface area contributed by atoms with E-state index in [1.165, 1.54) is 0 Å². The Labute approximate surface area is 126 Å². The molecule has 0 spiro atoms. The van der Waals surface area contributed by atoms with E-state index in [2.05, 4.69) is 13.5 Å². The van der Waals surface area contributed by atoms with Gasteiger partial charge in [-0.25, -0.2) is 4.79 Å². The molecule has 0 aromatic heterocycles. The summed E-state index contributed by atoms with van der Waals surface area (Å²) in [5.74, 6) is -0.981. The van der Waals surface area contributed by atoms with Crippen molar-refractivity contribution in [3.8, 4) is 0 Å². The van der Waals surface area contributed by atoms with Gasteiger partial charge in [-0.3, -0.25) is 0 Å². The summed E-state index contributed by atoms with van der Waals surface area (Å²) in [6.45, 7) is 6.96. The molecule has 0 aliphatic rings. The number of carboxylic acid groups (broad SMARTS) is 1. The highest BCUT2D eigenvalue weighted by Gasteiger charge is 2.03. The van der Waals surface area contributed by atoms with E-state index in [4.69, 9.17) is 24.4 Å². The van der Waals surface area contributed by atoms with Gasteiger partial charge in [0.05, 0.1) is 33.0 Å². The van der Waals surface area contributed by atoms with Gasteiger partial charge in [0.2, 0.25) is 0 Å². The number of hydrogen-bond donors (Lipinski definition) is 3. The van der Waals surface area contributed by atoms with Crippen molar-refractivity contribution < 1.29 is 34.3 Å². The Hall–Kier alpha value is -0.990. The first kappa shape index (κ1) is 22.3. The number of hydrogen-bond acceptors (Lipinski definition) is 6. The number of carboxylic acids is 1. The molecule has 0 rings (SSSR count). The molecule has 0 heterocycles. The van der Waals surface area contributed by atoms with Crippen LogP contribution in [0.2, 0.25) is 0 Å². The first-order valence-electron chi connectivity index (χ1n) is 6.99. The minimum Gasteiger partial charge on any atom is -0.478 e. The van der Waals surface area contributed by atoms with E-state index in [1.807, 2.05) is 0 Å². The molecule has 0 saturated heterocycles. The highest BCUT2D eigenvalue weighted by atomic mass is 16.6. The van der Waals surface area contributed by atoms with Crippen LogP contribution in [0.15, 0.2) is 12.7 Å². The van der Waals surface area contributed by atoms with Crippen LogP contribution in [0.25, 0.3) is 0 Å². The number of aliphatic hydroxyl groups is 2. The largest absolute Gasteiger partial charge is 0.478 e. The second kappa shape index (κ2) is 19.0. The van der Waals surface area contributed by atoms with Gasteiger partial charge < -0.3 is 29.5 Å². The Morgan fingerprint density at radius 2 is 1.81 bits per heavy atom. The molecule has 0 aliphatic carbocycles. The lowest BCUT2D eigenvalue weighted by Gasteiger charge is -2.12. The molecular weight excluding hydrogens is 280 g/mol. The van der Waals surface area contributed by atoms with Crippen molar-refractivity contribution in [1.29, 1.82) is 0 Å². The maximum absolute atomic E-state index is 9.32. The van der Waals surface area contributed by atoms with Crippen LogP contribution >= 0.6 is 0 Å². The van der Waals surface area contributed by atoms with E-state index in [0.29, 0.717) is 26.4 Å². The van der Waals surface area contributed by atoms with Gasteiger partial charge in [0.15, 0.2) is 6.29 Å². The lowest BCUT2D eigenvalue weighted by atomic mass is 10.3. The highest BCUT2D eigenvalue weighted by Crippen LogP contribution is 1.97. The van der Waals surface area contributed by atoms with E-state index in [0.717, 1.165) is 25.3 Å². The zero-order valence-corrected chi connectivity index (χ0v) is 12.7. The van der Waals surface area contributed by atoms with Crippen LogP contribution in [-0.4, -0.2) is 67.2 Å². The fraction of sp³-hybridized carbons (Fsp3) is 0.786. The Balaban J connectivity index is 0. The second-order valence-corrected chi connectivity index (χ2v) is 3.99. The Bertz CT molecular complexity index is 233. The van der Waals surface area contributed by atoms with Gasteiger partial charge in [0.25, 0.3) is 0 Å². The highest BCUT2D eigenvalue weighted by molar-refractivity contribution is 5.78. The summed E-state index contributed by atoms with van der Waals surface area (Å²) in [6.07, 6.45) is 3.20. The third-order valence-electron chi connectivity index (χ3n) is 2.10. The zero-order chi connectivity index (χ0) is 16.3. The van der Waals surface area contributed by atoms with Crippen molar-refractivity contribution >= 4 is 5.97 Å².